The minimum atomic E-state index is -0.849. The molecular formula is C24H28N2O4. The molecule has 2 amide bonds. The summed E-state index contributed by atoms with van der Waals surface area (Å²) in [6.07, 6.45) is 0.939. The molecular weight excluding hydrogens is 380 g/mol. The Hall–Kier alpha value is -3.15. The Kier molecular flexibility index (Phi) is 6.87. The molecule has 0 aromatic heterocycles. The third-order valence-corrected chi connectivity index (χ3v) is 5.79. The Labute approximate surface area is 177 Å². The number of benzene rings is 2. The highest BCUT2D eigenvalue weighted by molar-refractivity contribution is 5.87. The van der Waals surface area contributed by atoms with E-state index in [-0.39, 0.29) is 24.5 Å². The van der Waals surface area contributed by atoms with Crippen LogP contribution in [0.4, 0.5) is 0 Å². The zero-order valence-corrected chi connectivity index (χ0v) is 17.5. The lowest BCUT2D eigenvalue weighted by molar-refractivity contribution is -0.157. The number of amides is 2. The van der Waals surface area contributed by atoms with Crippen molar-refractivity contribution in [1.82, 2.24) is 10.2 Å². The number of carbonyl (C=O) groups excluding carboxylic acids is 3. The predicted molar refractivity (Wildman–Crippen MR) is 114 cm³/mol. The van der Waals surface area contributed by atoms with Crippen LogP contribution in [0.5, 0.6) is 0 Å². The molecule has 158 valence electrons. The number of likely N-dealkylation sites (tertiary alicyclic amines) is 1. The van der Waals surface area contributed by atoms with Crippen LogP contribution in [0.3, 0.4) is 0 Å². The topological polar surface area (TPSA) is 75.7 Å². The van der Waals surface area contributed by atoms with Gasteiger partial charge in [-0.05, 0) is 30.9 Å². The van der Waals surface area contributed by atoms with Gasteiger partial charge in [0.05, 0.1) is 11.5 Å². The number of nitrogens with zero attached hydrogens (tertiary/aromatic N) is 1. The zero-order chi connectivity index (χ0) is 21.6. The van der Waals surface area contributed by atoms with Crippen LogP contribution >= 0.6 is 0 Å². The van der Waals surface area contributed by atoms with E-state index in [2.05, 4.69) is 5.32 Å². The number of nitrogens with one attached hydrogen (secondary N) is 1. The molecule has 0 saturated carbocycles. The molecule has 6 heteroatoms. The number of carbonyl (C=O) groups is 3. The number of ether oxygens (including phenoxy) is 1. The maximum atomic E-state index is 13.2. The van der Waals surface area contributed by atoms with Crippen molar-refractivity contribution < 1.29 is 19.1 Å². The van der Waals surface area contributed by atoms with Crippen molar-refractivity contribution in [1.29, 1.82) is 0 Å². The first-order valence-electron chi connectivity index (χ1n) is 10.2. The number of piperidine rings is 1. The summed E-state index contributed by atoms with van der Waals surface area (Å²) < 4.78 is 5.48. The molecule has 1 N–H and O–H groups in total. The Bertz CT molecular complexity index is 875. The van der Waals surface area contributed by atoms with E-state index in [0.29, 0.717) is 25.9 Å². The van der Waals surface area contributed by atoms with Gasteiger partial charge in [-0.25, -0.2) is 0 Å². The van der Waals surface area contributed by atoms with Crippen LogP contribution in [0.25, 0.3) is 0 Å². The molecule has 1 fully saturated rings. The smallest absolute Gasteiger partial charge is 0.317 e. The molecule has 2 aromatic rings. The fourth-order valence-electron chi connectivity index (χ4n) is 3.95. The van der Waals surface area contributed by atoms with Gasteiger partial charge in [-0.3, -0.25) is 14.4 Å². The second-order valence-electron chi connectivity index (χ2n) is 7.73. The first kappa shape index (κ1) is 21.6. The SMILES string of the molecule is CC(=O)N1CCC(C(=O)OCC(=O)N[C@H](C)c2ccccc2)(c2ccccc2)CC1. The largest absolute Gasteiger partial charge is 0.455 e. The van der Waals surface area contributed by atoms with Crippen molar-refractivity contribution in [3.63, 3.8) is 0 Å². The van der Waals surface area contributed by atoms with Crippen LogP contribution in [0.15, 0.2) is 60.7 Å². The lowest BCUT2D eigenvalue weighted by Crippen LogP contribution is -2.49. The summed E-state index contributed by atoms with van der Waals surface area (Å²) in [5, 5.41) is 2.86. The van der Waals surface area contributed by atoms with Gasteiger partial charge in [0, 0.05) is 20.0 Å². The minimum Gasteiger partial charge on any atom is -0.455 e. The lowest BCUT2D eigenvalue weighted by atomic mass is 9.72. The molecule has 0 bridgehead atoms. The van der Waals surface area contributed by atoms with Gasteiger partial charge in [0.15, 0.2) is 6.61 Å². The minimum absolute atomic E-state index is 0.000642. The summed E-state index contributed by atoms with van der Waals surface area (Å²) in [5.41, 5.74) is 0.990. The van der Waals surface area contributed by atoms with Gasteiger partial charge in [-0.1, -0.05) is 60.7 Å². The van der Waals surface area contributed by atoms with E-state index in [9.17, 15) is 14.4 Å². The van der Waals surface area contributed by atoms with Crippen molar-refractivity contribution in [2.45, 2.75) is 38.1 Å². The molecule has 0 radical (unpaired) electrons. The van der Waals surface area contributed by atoms with Gasteiger partial charge in [-0.15, -0.1) is 0 Å². The number of hydrogen-bond donors (Lipinski definition) is 1. The zero-order valence-electron chi connectivity index (χ0n) is 17.5. The van der Waals surface area contributed by atoms with E-state index in [1.165, 1.54) is 6.92 Å². The van der Waals surface area contributed by atoms with Gasteiger partial charge in [-0.2, -0.15) is 0 Å². The lowest BCUT2D eigenvalue weighted by Gasteiger charge is -2.40. The molecule has 0 unspecified atom stereocenters. The Morgan fingerprint density at radius 1 is 1.00 bits per heavy atom. The first-order chi connectivity index (χ1) is 14.4. The van der Waals surface area contributed by atoms with Crippen LogP contribution < -0.4 is 5.32 Å². The summed E-state index contributed by atoms with van der Waals surface area (Å²) in [6, 6.07) is 18.9. The molecule has 2 aromatic carbocycles. The summed E-state index contributed by atoms with van der Waals surface area (Å²) in [6.45, 7) is 4.05. The van der Waals surface area contributed by atoms with Gasteiger partial charge in [0.2, 0.25) is 5.91 Å². The summed E-state index contributed by atoms with van der Waals surface area (Å²) in [5.74, 6) is -0.761. The van der Waals surface area contributed by atoms with Crippen LogP contribution in [0, 0.1) is 0 Å². The van der Waals surface area contributed by atoms with Crippen LogP contribution in [-0.2, 0) is 24.5 Å². The molecule has 30 heavy (non-hydrogen) atoms. The van der Waals surface area contributed by atoms with Gasteiger partial charge >= 0.3 is 5.97 Å². The van der Waals surface area contributed by atoms with E-state index in [1.54, 1.807) is 4.90 Å². The highest BCUT2D eigenvalue weighted by Crippen LogP contribution is 2.37. The fraction of sp³-hybridized carbons (Fsp3) is 0.375. The standard InChI is InChI=1S/C24H28N2O4/c1-18(20-9-5-3-6-10-20)25-22(28)17-30-23(29)24(21-11-7-4-8-12-21)13-15-26(16-14-24)19(2)27/h3-12,18H,13-17H2,1-2H3,(H,25,28)/t18-/m1/s1. The van der Waals surface area contributed by atoms with Gasteiger partial charge in [0.1, 0.15) is 0 Å². The Morgan fingerprint density at radius 2 is 1.57 bits per heavy atom. The molecule has 6 nitrogen and oxygen atoms in total. The summed E-state index contributed by atoms with van der Waals surface area (Å²) >= 11 is 0. The highest BCUT2D eigenvalue weighted by Gasteiger charge is 2.44. The van der Waals surface area contributed by atoms with Gasteiger partial charge in [0.25, 0.3) is 5.91 Å². The molecule has 1 atom stereocenters. The molecule has 1 aliphatic rings. The normalized spacial score (nSPS) is 16.4. The molecule has 1 saturated heterocycles. The molecule has 0 aliphatic carbocycles. The highest BCUT2D eigenvalue weighted by atomic mass is 16.5. The van der Waals surface area contributed by atoms with E-state index < -0.39 is 11.4 Å². The molecule has 1 aliphatic heterocycles. The van der Waals surface area contributed by atoms with Crippen molar-refractivity contribution in [3.8, 4) is 0 Å². The third kappa shape index (κ3) is 4.87. The fourth-order valence-corrected chi connectivity index (χ4v) is 3.95. The average molecular weight is 408 g/mol. The van der Waals surface area contributed by atoms with E-state index in [0.717, 1.165) is 11.1 Å². The van der Waals surface area contributed by atoms with Crippen LogP contribution in [0.2, 0.25) is 0 Å². The second-order valence-corrected chi connectivity index (χ2v) is 7.73. The summed E-state index contributed by atoms with van der Waals surface area (Å²) in [4.78, 5) is 39.0. The third-order valence-electron chi connectivity index (χ3n) is 5.79. The van der Waals surface area contributed by atoms with E-state index in [4.69, 9.17) is 4.74 Å². The Balaban J connectivity index is 1.65. The quantitative estimate of drug-likeness (QED) is 0.746. The van der Waals surface area contributed by atoms with Crippen molar-refractivity contribution in [2.24, 2.45) is 0 Å². The van der Waals surface area contributed by atoms with Crippen molar-refractivity contribution in [2.75, 3.05) is 19.7 Å². The van der Waals surface area contributed by atoms with E-state index >= 15 is 0 Å². The van der Waals surface area contributed by atoms with Crippen molar-refractivity contribution in [3.05, 3.63) is 71.8 Å². The van der Waals surface area contributed by atoms with Gasteiger partial charge < -0.3 is 15.0 Å². The maximum Gasteiger partial charge on any atom is 0.317 e. The van der Waals surface area contributed by atoms with Crippen LogP contribution in [-0.4, -0.2) is 42.4 Å². The monoisotopic (exact) mass is 408 g/mol. The number of esters is 1. The second kappa shape index (κ2) is 9.57. The van der Waals surface area contributed by atoms with Crippen LogP contribution in [0.1, 0.15) is 43.9 Å². The predicted octanol–water partition coefficient (Wildman–Crippen LogP) is 2.99. The number of rotatable bonds is 6. The number of hydrogen-bond acceptors (Lipinski definition) is 4. The summed E-state index contributed by atoms with van der Waals surface area (Å²) in [7, 11) is 0. The Morgan fingerprint density at radius 3 is 2.13 bits per heavy atom. The first-order valence-corrected chi connectivity index (χ1v) is 10.2. The average Bonchev–Trinajstić information content (AvgIpc) is 2.78. The molecule has 3 rings (SSSR count). The van der Waals surface area contributed by atoms with E-state index in [1.807, 2.05) is 67.6 Å². The van der Waals surface area contributed by atoms with Crippen molar-refractivity contribution >= 4 is 17.8 Å². The maximum absolute atomic E-state index is 13.2. The molecule has 1 heterocycles. The molecule has 0 spiro atoms.